The van der Waals surface area contributed by atoms with Gasteiger partial charge >= 0.3 is 0 Å². The average Bonchev–Trinajstić information content (AvgIpc) is 3.60. The lowest BCUT2D eigenvalue weighted by Crippen LogP contribution is -2.23. The van der Waals surface area contributed by atoms with E-state index in [1.807, 2.05) is 49.7 Å². The molecule has 202 valence electrons. The van der Waals surface area contributed by atoms with Gasteiger partial charge in [0.05, 0.1) is 11.0 Å². The first-order valence-corrected chi connectivity index (χ1v) is 13.4. The van der Waals surface area contributed by atoms with Crippen LogP contribution in [0.1, 0.15) is 23.6 Å². The van der Waals surface area contributed by atoms with E-state index in [2.05, 4.69) is 62.1 Å². The first-order chi connectivity index (χ1) is 20.0. The first-order valence-electron chi connectivity index (χ1n) is 13.4. The fourth-order valence-corrected chi connectivity index (χ4v) is 5.10. The molecule has 2 aromatic carbocycles. The van der Waals surface area contributed by atoms with Crippen LogP contribution in [0.5, 0.6) is 0 Å². The molecule has 0 aliphatic heterocycles. The Kier molecular flexibility index (Phi) is 7.00. The number of aromatic amines is 2. The summed E-state index contributed by atoms with van der Waals surface area (Å²) in [6.45, 7) is 6.32. The van der Waals surface area contributed by atoms with Gasteiger partial charge in [-0.1, -0.05) is 43.0 Å². The van der Waals surface area contributed by atoms with Crippen LogP contribution in [0.25, 0.3) is 51.3 Å². The Hall–Kier alpha value is -5.30. The standard InChI is InChI=1S/C34H29FN6/c1-3-31-30(13-21(2)25-14-23(19-37-20-25)10-9-22-7-5-4-6-8-22)33(41-40-31)32-18-29-28(11-12-38-34(29)39-32)24-15-26(35)17-27(36)16-24/h3-8,11-20,40H,2,9-10,36H2,1H3,(H,38,39)/b30-13+,31-3+. The van der Waals surface area contributed by atoms with E-state index in [4.69, 9.17) is 5.73 Å². The SMILES string of the molecule is C=C(/C=c1/c(-c2cc3c(-c4cc(N)cc(F)c4)ccnc3[nH]2)n[nH]/c1=C/C)c1cncc(CCc2ccccc2)c1. The van der Waals surface area contributed by atoms with Crippen LogP contribution in [0.2, 0.25) is 0 Å². The van der Waals surface area contributed by atoms with E-state index in [-0.39, 0.29) is 5.82 Å². The second-order valence-corrected chi connectivity index (χ2v) is 10.0. The minimum Gasteiger partial charge on any atom is -0.399 e. The fourth-order valence-electron chi connectivity index (χ4n) is 5.10. The number of H-pyrrole nitrogens is 2. The molecule has 6 rings (SSSR count). The summed E-state index contributed by atoms with van der Waals surface area (Å²) in [5.41, 5.74) is 14.2. The number of allylic oxidation sites excluding steroid dienone is 1. The largest absolute Gasteiger partial charge is 0.399 e. The second-order valence-electron chi connectivity index (χ2n) is 10.0. The molecular weight excluding hydrogens is 511 g/mol. The number of anilines is 1. The number of nitrogens with one attached hydrogen (secondary N) is 2. The van der Waals surface area contributed by atoms with Crippen molar-refractivity contribution in [2.75, 3.05) is 5.73 Å². The van der Waals surface area contributed by atoms with Crippen molar-refractivity contribution in [3.8, 4) is 22.5 Å². The number of aromatic nitrogens is 5. The number of nitrogen functional groups attached to an aromatic ring is 1. The molecule has 0 amide bonds. The van der Waals surface area contributed by atoms with Crippen molar-refractivity contribution in [1.29, 1.82) is 0 Å². The summed E-state index contributed by atoms with van der Waals surface area (Å²) in [5, 5.41) is 10.4. The molecular formula is C34H29FN6. The summed E-state index contributed by atoms with van der Waals surface area (Å²) in [6.07, 6.45) is 11.3. The molecule has 0 atom stereocenters. The lowest BCUT2D eigenvalue weighted by molar-refractivity contribution is 0.629. The maximum atomic E-state index is 14.1. The van der Waals surface area contributed by atoms with Gasteiger partial charge in [-0.25, -0.2) is 9.37 Å². The van der Waals surface area contributed by atoms with Crippen molar-refractivity contribution in [2.45, 2.75) is 19.8 Å². The molecule has 0 saturated carbocycles. The maximum absolute atomic E-state index is 14.1. The molecule has 41 heavy (non-hydrogen) atoms. The van der Waals surface area contributed by atoms with E-state index in [0.29, 0.717) is 16.9 Å². The Morgan fingerprint density at radius 2 is 1.83 bits per heavy atom. The van der Waals surface area contributed by atoms with Crippen LogP contribution < -0.4 is 16.3 Å². The topological polar surface area (TPSA) is 96.3 Å². The van der Waals surface area contributed by atoms with Crippen LogP contribution in [0, 0.1) is 5.82 Å². The molecule has 4 aromatic heterocycles. The highest BCUT2D eigenvalue weighted by atomic mass is 19.1. The van der Waals surface area contributed by atoms with E-state index in [1.165, 1.54) is 17.7 Å². The van der Waals surface area contributed by atoms with Crippen molar-refractivity contribution < 1.29 is 4.39 Å². The zero-order valence-electron chi connectivity index (χ0n) is 22.7. The highest BCUT2D eigenvalue weighted by molar-refractivity contribution is 5.96. The second kappa shape index (κ2) is 11.1. The van der Waals surface area contributed by atoms with E-state index >= 15 is 0 Å². The number of aryl methyl sites for hydroxylation is 2. The number of nitrogens with zero attached hydrogens (tertiary/aromatic N) is 3. The van der Waals surface area contributed by atoms with Gasteiger partial charge in [-0.3, -0.25) is 10.1 Å². The molecule has 6 nitrogen and oxygen atoms in total. The molecule has 0 fully saturated rings. The lowest BCUT2D eigenvalue weighted by Gasteiger charge is -2.05. The molecule has 0 saturated heterocycles. The van der Waals surface area contributed by atoms with Gasteiger partial charge in [0.2, 0.25) is 0 Å². The third-order valence-electron chi connectivity index (χ3n) is 7.17. The molecule has 0 unspecified atom stereocenters. The number of pyridine rings is 2. The van der Waals surface area contributed by atoms with Crippen LogP contribution in [0.3, 0.4) is 0 Å². The van der Waals surface area contributed by atoms with Gasteiger partial charge in [0.15, 0.2) is 0 Å². The third-order valence-corrected chi connectivity index (χ3v) is 7.17. The maximum Gasteiger partial charge on any atom is 0.138 e. The predicted octanol–water partition coefficient (Wildman–Crippen LogP) is 5.82. The molecule has 0 aliphatic carbocycles. The van der Waals surface area contributed by atoms with Crippen LogP contribution >= 0.6 is 0 Å². The average molecular weight is 541 g/mol. The summed E-state index contributed by atoms with van der Waals surface area (Å²) >= 11 is 0. The number of benzene rings is 2. The van der Waals surface area contributed by atoms with Crippen molar-refractivity contribution in [1.82, 2.24) is 25.1 Å². The lowest BCUT2D eigenvalue weighted by atomic mass is 10.0. The smallest absolute Gasteiger partial charge is 0.138 e. The van der Waals surface area contributed by atoms with Crippen molar-refractivity contribution in [3.63, 3.8) is 0 Å². The van der Waals surface area contributed by atoms with Crippen LogP contribution in [0.4, 0.5) is 10.1 Å². The zero-order chi connectivity index (χ0) is 28.3. The molecule has 0 radical (unpaired) electrons. The number of fused-ring (bicyclic) bond motifs is 1. The highest BCUT2D eigenvalue weighted by Gasteiger charge is 2.14. The van der Waals surface area contributed by atoms with E-state index in [9.17, 15) is 4.39 Å². The van der Waals surface area contributed by atoms with Gasteiger partial charge in [-0.05, 0) is 95.6 Å². The quantitative estimate of drug-likeness (QED) is 0.223. The zero-order valence-corrected chi connectivity index (χ0v) is 22.7. The molecule has 4 N–H and O–H groups in total. The predicted molar refractivity (Wildman–Crippen MR) is 164 cm³/mol. The van der Waals surface area contributed by atoms with Crippen LogP contribution in [-0.2, 0) is 12.8 Å². The van der Waals surface area contributed by atoms with E-state index in [1.54, 1.807) is 12.3 Å². The highest BCUT2D eigenvalue weighted by Crippen LogP contribution is 2.31. The van der Waals surface area contributed by atoms with Crippen molar-refractivity contribution in [3.05, 3.63) is 125 Å². The monoisotopic (exact) mass is 540 g/mol. The normalized spacial score (nSPS) is 12.3. The summed E-state index contributed by atoms with van der Waals surface area (Å²) in [5.74, 6) is -0.384. The molecule has 0 aliphatic rings. The summed E-state index contributed by atoms with van der Waals surface area (Å²) in [7, 11) is 0. The number of nitrogens with two attached hydrogens (primary N) is 1. The number of hydrogen-bond donors (Lipinski definition) is 3. The van der Waals surface area contributed by atoms with E-state index in [0.717, 1.165) is 62.4 Å². The minimum absolute atomic E-state index is 0.366. The van der Waals surface area contributed by atoms with Crippen molar-refractivity contribution >= 4 is 34.4 Å². The van der Waals surface area contributed by atoms with Gasteiger partial charge in [-0.2, -0.15) is 5.10 Å². The fraction of sp³-hybridized carbons (Fsp3) is 0.0882. The minimum atomic E-state index is -0.384. The number of rotatable bonds is 7. The number of hydrogen-bond acceptors (Lipinski definition) is 4. The summed E-state index contributed by atoms with van der Waals surface area (Å²) < 4.78 is 14.1. The molecule has 7 heteroatoms. The molecule has 0 spiro atoms. The van der Waals surface area contributed by atoms with Gasteiger partial charge < -0.3 is 10.7 Å². The van der Waals surface area contributed by atoms with Gasteiger partial charge in [0.25, 0.3) is 0 Å². The van der Waals surface area contributed by atoms with Gasteiger partial charge in [-0.15, -0.1) is 0 Å². The molecule has 6 aromatic rings. The third kappa shape index (κ3) is 5.43. The summed E-state index contributed by atoms with van der Waals surface area (Å²) in [6, 6.07) is 21.0. The van der Waals surface area contributed by atoms with E-state index < -0.39 is 0 Å². The summed E-state index contributed by atoms with van der Waals surface area (Å²) in [4.78, 5) is 12.4. The molecule has 0 bridgehead atoms. The Bertz CT molecular complexity index is 1980. The first kappa shape index (κ1) is 26.0. The number of halogens is 1. The Balaban J connectivity index is 1.36. The van der Waals surface area contributed by atoms with Gasteiger partial charge in [0.1, 0.15) is 17.2 Å². The van der Waals surface area contributed by atoms with Crippen molar-refractivity contribution in [2.24, 2.45) is 0 Å². The Morgan fingerprint density at radius 3 is 2.63 bits per heavy atom. The van der Waals surface area contributed by atoms with Gasteiger partial charge in [0, 0.05) is 34.9 Å². The van der Waals surface area contributed by atoms with Crippen LogP contribution in [-0.4, -0.2) is 25.1 Å². The Morgan fingerprint density at radius 1 is 1.00 bits per heavy atom. The Labute approximate surface area is 236 Å². The molecule has 4 heterocycles. The van der Waals surface area contributed by atoms with Crippen LogP contribution in [0.15, 0.2) is 91.9 Å².